The fraction of sp³-hybridized carbons (Fsp3) is 0.312. The molecule has 0 aliphatic heterocycles. The van der Waals surface area contributed by atoms with Crippen LogP contribution in [0.3, 0.4) is 0 Å². The normalized spacial score (nSPS) is 10.1. The van der Waals surface area contributed by atoms with Crippen molar-refractivity contribution in [3.8, 4) is 5.69 Å². The molecule has 1 heterocycles. The summed E-state index contributed by atoms with van der Waals surface area (Å²) in [4.78, 5) is 24.1. The zero-order chi connectivity index (χ0) is 16.8. The summed E-state index contributed by atoms with van der Waals surface area (Å²) < 4.78 is 15.2. The van der Waals surface area contributed by atoms with E-state index in [1.54, 1.807) is 19.1 Å². The summed E-state index contributed by atoms with van der Waals surface area (Å²) in [6.45, 7) is 2.58. The molecule has 0 saturated carbocycles. The van der Waals surface area contributed by atoms with Crippen molar-refractivity contribution in [2.45, 2.75) is 19.8 Å². The van der Waals surface area contributed by atoms with Crippen molar-refractivity contribution in [3.05, 3.63) is 57.8 Å². The monoisotopic (exact) mass is 354 g/mol. The maximum absolute atomic E-state index is 13.9. The molecule has 1 aromatic carbocycles. The van der Waals surface area contributed by atoms with Gasteiger partial charge in [0.25, 0.3) is 5.91 Å². The Bertz CT molecular complexity index is 764. The minimum absolute atomic E-state index is 0. The predicted octanol–water partition coefficient (Wildman–Crippen LogP) is 1.57. The van der Waals surface area contributed by atoms with Gasteiger partial charge in [0.05, 0.1) is 0 Å². The average molecular weight is 355 g/mol. The highest BCUT2D eigenvalue weighted by Gasteiger charge is 2.16. The van der Waals surface area contributed by atoms with Crippen LogP contribution in [0.15, 0.2) is 35.1 Å². The molecule has 0 spiro atoms. The summed E-state index contributed by atoms with van der Waals surface area (Å²) in [5, 5.41) is 6.65. The molecule has 0 radical (unpaired) electrons. The molecule has 0 fully saturated rings. The second kappa shape index (κ2) is 9.14. The van der Waals surface area contributed by atoms with E-state index >= 15 is 0 Å². The van der Waals surface area contributed by atoms with Crippen LogP contribution >= 0.6 is 12.4 Å². The first-order chi connectivity index (χ1) is 11.0. The number of halogens is 2. The fourth-order valence-electron chi connectivity index (χ4n) is 2.13. The van der Waals surface area contributed by atoms with Crippen LogP contribution < -0.4 is 16.5 Å². The molecular formula is C16H20ClFN4O2. The number of nitrogens with two attached hydrogens (primary N) is 1. The molecule has 0 aliphatic rings. The van der Waals surface area contributed by atoms with Crippen molar-refractivity contribution in [2.75, 3.05) is 13.1 Å². The molecule has 2 rings (SSSR count). The molecule has 0 bridgehead atoms. The number of nitrogens with one attached hydrogen (secondary N) is 1. The van der Waals surface area contributed by atoms with Crippen LogP contribution in [0.1, 0.15) is 29.0 Å². The highest BCUT2D eigenvalue weighted by Crippen LogP contribution is 2.12. The molecule has 6 nitrogen and oxygen atoms in total. The summed E-state index contributed by atoms with van der Waals surface area (Å²) >= 11 is 0. The van der Waals surface area contributed by atoms with Crippen LogP contribution in [0.25, 0.3) is 5.69 Å². The predicted molar refractivity (Wildman–Crippen MR) is 92.4 cm³/mol. The fourth-order valence-corrected chi connectivity index (χ4v) is 2.13. The molecule has 0 unspecified atom stereocenters. The average Bonchev–Trinajstić information content (AvgIpc) is 2.52. The number of hydrogen-bond acceptors (Lipinski definition) is 4. The van der Waals surface area contributed by atoms with E-state index in [4.69, 9.17) is 5.73 Å². The van der Waals surface area contributed by atoms with Gasteiger partial charge in [-0.2, -0.15) is 5.10 Å². The number of para-hydroxylation sites is 1. The van der Waals surface area contributed by atoms with Gasteiger partial charge >= 0.3 is 0 Å². The maximum Gasteiger partial charge on any atom is 0.275 e. The Kier molecular flexibility index (Phi) is 7.54. The van der Waals surface area contributed by atoms with Gasteiger partial charge in [0.15, 0.2) is 5.69 Å². The van der Waals surface area contributed by atoms with Gasteiger partial charge in [-0.15, -0.1) is 12.4 Å². The van der Waals surface area contributed by atoms with Crippen molar-refractivity contribution in [2.24, 2.45) is 5.73 Å². The molecular weight excluding hydrogens is 335 g/mol. The van der Waals surface area contributed by atoms with E-state index in [9.17, 15) is 14.0 Å². The van der Waals surface area contributed by atoms with E-state index in [0.717, 1.165) is 12.8 Å². The topological polar surface area (TPSA) is 90.0 Å². The van der Waals surface area contributed by atoms with E-state index in [-0.39, 0.29) is 23.8 Å². The Labute approximate surface area is 145 Å². The quantitative estimate of drug-likeness (QED) is 0.770. The highest BCUT2D eigenvalue weighted by molar-refractivity contribution is 5.92. The molecule has 0 saturated heterocycles. The molecule has 1 aromatic heterocycles. The number of aromatic nitrogens is 2. The van der Waals surface area contributed by atoms with E-state index in [1.807, 2.05) is 0 Å². The van der Waals surface area contributed by atoms with Gasteiger partial charge in [0.2, 0.25) is 5.43 Å². The number of carbonyl (C=O) groups excluding carboxylic acids is 1. The highest BCUT2D eigenvalue weighted by atomic mass is 35.5. The summed E-state index contributed by atoms with van der Waals surface area (Å²) in [6.07, 6.45) is 1.50. The van der Waals surface area contributed by atoms with E-state index < -0.39 is 17.2 Å². The first-order valence-electron chi connectivity index (χ1n) is 7.38. The summed E-state index contributed by atoms with van der Waals surface area (Å²) in [7, 11) is 0. The van der Waals surface area contributed by atoms with Gasteiger partial charge in [0, 0.05) is 18.3 Å². The Morgan fingerprint density at radius 1 is 1.33 bits per heavy atom. The van der Waals surface area contributed by atoms with Crippen LogP contribution in [0, 0.1) is 12.7 Å². The lowest BCUT2D eigenvalue weighted by molar-refractivity contribution is 0.0945. The third-order valence-electron chi connectivity index (χ3n) is 3.32. The van der Waals surface area contributed by atoms with Gasteiger partial charge < -0.3 is 11.1 Å². The van der Waals surface area contributed by atoms with Crippen molar-refractivity contribution in [1.29, 1.82) is 0 Å². The van der Waals surface area contributed by atoms with Crippen LogP contribution in [0.5, 0.6) is 0 Å². The number of nitrogens with zero attached hydrogens (tertiary/aromatic N) is 2. The Morgan fingerprint density at radius 3 is 2.71 bits per heavy atom. The number of benzene rings is 1. The second-order valence-electron chi connectivity index (χ2n) is 5.11. The lowest BCUT2D eigenvalue weighted by Gasteiger charge is -2.12. The summed E-state index contributed by atoms with van der Waals surface area (Å²) in [6, 6.07) is 7.31. The Balaban J connectivity index is 0.00000288. The van der Waals surface area contributed by atoms with E-state index in [0.29, 0.717) is 18.8 Å². The summed E-state index contributed by atoms with van der Waals surface area (Å²) in [5.74, 6) is -1.06. The zero-order valence-electron chi connectivity index (χ0n) is 13.3. The van der Waals surface area contributed by atoms with Crippen molar-refractivity contribution in [3.63, 3.8) is 0 Å². The third kappa shape index (κ3) is 4.62. The zero-order valence-corrected chi connectivity index (χ0v) is 14.1. The number of unbranched alkanes of at least 4 members (excludes halogenated alkanes) is 1. The molecule has 0 atom stereocenters. The minimum atomic E-state index is -0.572. The van der Waals surface area contributed by atoms with Crippen LogP contribution in [0.2, 0.25) is 0 Å². The first-order valence-corrected chi connectivity index (χ1v) is 7.38. The Morgan fingerprint density at radius 2 is 2.04 bits per heavy atom. The lowest BCUT2D eigenvalue weighted by Crippen LogP contribution is -2.32. The number of amides is 1. The number of hydrogen-bond donors (Lipinski definition) is 2. The molecule has 8 heteroatoms. The van der Waals surface area contributed by atoms with E-state index in [1.165, 1.54) is 22.9 Å². The van der Waals surface area contributed by atoms with Crippen LogP contribution in [-0.2, 0) is 0 Å². The molecule has 1 amide bonds. The SMILES string of the molecule is Cc1cc(=O)c(C(=O)NCCCCN)nn1-c1ccccc1F.Cl. The maximum atomic E-state index is 13.9. The number of aryl methyl sites for hydroxylation is 1. The summed E-state index contributed by atoms with van der Waals surface area (Å²) in [5.41, 5.74) is 5.26. The van der Waals surface area contributed by atoms with Crippen molar-refractivity contribution < 1.29 is 9.18 Å². The van der Waals surface area contributed by atoms with Gasteiger partial charge in [-0.1, -0.05) is 12.1 Å². The third-order valence-corrected chi connectivity index (χ3v) is 3.32. The van der Waals surface area contributed by atoms with E-state index in [2.05, 4.69) is 10.4 Å². The molecule has 3 N–H and O–H groups in total. The number of rotatable bonds is 6. The molecule has 130 valence electrons. The Hall–Kier alpha value is -2.25. The molecule has 0 aliphatic carbocycles. The van der Waals surface area contributed by atoms with Crippen molar-refractivity contribution in [1.82, 2.24) is 15.1 Å². The largest absolute Gasteiger partial charge is 0.351 e. The van der Waals surface area contributed by atoms with Crippen LogP contribution in [0.4, 0.5) is 4.39 Å². The number of carbonyl (C=O) groups is 1. The van der Waals surface area contributed by atoms with Gasteiger partial charge in [0.1, 0.15) is 11.5 Å². The van der Waals surface area contributed by atoms with Gasteiger partial charge in [-0.25, -0.2) is 9.07 Å². The lowest BCUT2D eigenvalue weighted by atomic mass is 10.2. The molecule has 2 aromatic rings. The first kappa shape index (κ1) is 19.8. The molecule has 24 heavy (non-hydrogen) atoms. The minimum Gasteiger partial charge on any atom is -0.351 e. The standard InChI is InChI=1S/C16H19FN4O2.ClH/c1-11-10-14(22)15(16(23)19-9-5-4-8-18)20-21(11)13-7-3-2-6-12(13)17;/h2-3,6-7,10H,4-5,8-9,18H2,1H3,(H,19,23);1H. The van der Waals surface area contributed by atoms with Crippen LogP contribution in [-0.4, -0.2) is 28.8 Å². The smallest absolute Gasteiger partial charge is 0.275 e. The van der Waals surface area contributed by atoms with Gasteiger partial charge in [-0.05, 0) is 38.4 Å². The van der Waals surface area contributed by atoms with Crippen molar-refractivity contribution >= 4 is 18.3 Å². The van der Waals surface area contributed by atoms with Gasteiger partial charge in [-0.3, -0.25) is 9.59 Å². The second-order valence-corrected chi connectivity index (χ2v) is 5.11.